The van der Waals surface area contributed by atoms with Gasteiger partial charge in [-0.2, -0.15) is 5.21 Å². The highest BCUT2D eigenvalue weighted by atomic mass is 32.2. The number of amides is 6. The second-order valence-corrected chi connectivity index (χ2v) is 21.4. The van der Waals surface area contributed by atoms with Gasteiger partial charge < -0.3 is 65.9 Å². The molecule has 1 heterocycles. The molecule has 3 atom stereocenters. The SMILES string of the molecule is CC[C@@](C=O)(CCCCNC(=O)CC[C@H](NC(=O)CC[C@H](NC(=O)COCCOCCNC(=O)COCCOCCNC(=O)CCCS(=O)(=O)NC(=O)CCCCCCCCCCCCCCCc1nn[nH]n1)C(=O)O)C(=O)O)NC. The van der Waals surface area contributed by atoms with Crippen LogP contribution in [0, 0.1) is 0 Å². The number of carbonyl (C=O) groups is 9. The molecule has 0 saturated carbocycles. The summed E-state index contributed by atoms with van der Waals surface area (Å²) in [6, 6.07) is -2.88. The Labute approximate surface area is 476 Å². The second-order valence-electron chi connectivity index (χ2n) is 19.6. The third-order valence-electron chi connectivity index (χ3n) is 12.9. The van der Waals surface area contributed by atoms with Crippen LogP contribution in [0.1, 0.15) is 167 Å². The van der Waals surface area contributed by atoms with Gasteiger partial charge in [0.1, 0.15) is 31.6 Å². The van der Waals surface area contributed by atoms with E-state index in [-0.39, 0.29) is 110 Å². The number of likely N-dealkylation sites (N-methyl/N-ethyl adjacent to an activating group) is 1. The molecular weight excluding hydrogens is 1080 g/mol. The number of carbonyl (C=O) groups excluding carboxylic acids is 7. The Morgan fingerprint density at radius 1 is 0.568 bits per heavy atom. The zero-order valence-electron chi connectivity index (χ0n) is 47.7. The lowest BCUT2D eigenvalue weighted by Gasteiger charge is -2.25. The summed E-state index contributed by atoms with van der Waals surface area (Å²) in [5.41, 5.74) is -0.616. The molecule has 28 nitrogen and oxygen atoms in total. The van der Waals surface area contributed by atoms with Crippen LogP contribution in [0.5, 0.6) is 0 Å². The number of nitrogens with zero attached hydrogens (tertiary/aromatic N) is 3. The normalized spacial score (nSPS) is 12.8. The molecule has 81 heavy (non-hydrogen) atoms. The van der Waals surface area contributed by atoms with E-state index in [1.165, 1.54) is 44.9 Å². The number of tetrazole rings is 1. The van der Waals surface area contributed by atoms with E-state index in [4.69, 9.17) is 18.9 Å². The number of aromatic amines is 1. The van der Waals surface area contributed by atoms with E-state index in [1.807, 2.05) is 6.92 Å². The summed E-state index contributed by atoms with van der Waals surface area (Å²) < 4.78 is 48.0. The van der Waals surface area contributed by atoms with Gasteiger partial charge in [0.25, 0.3) is 0 Å². The minimum Gasteiger partial charge on any atom is -0.480 e. The molecule has 0 radical (unpaired) electrons. The number of sulfonamides is 1. The monoisotopic (exact) mass is 1180 g/mol. The highest BCUT2D eigenvalue weighted by Gasteiger charge is 2.26. The fraction of sp³-hybridized carbons (Fsp3) is 0.808. The first-order chi connectivity index (χ1) is 38.9. The third-order valence-corrected chi connectivity index (χ3v) is 14.3. The van der Waals surface area contributed by atoms with Crippen LogP contribution < -0.4 is 36.6 Å². The van der Waals surface area contributed by atoms with Gasteiger partial charge in [-0.05, 0) is 64.8 Å². The summed E-state index contributed by atoms with van der Waals surface area (Å²) >= 11 is 0. The van der Waals surface area contributed by atoms with Crippen LogP contribution >= 0.6 is 0 Å². The largest absolute Gasteiger partial charge is 0.480 e. The minimum absolute atomic E-state index is 0.0396. The number of aliphatic carboxylic acids is 2. The van der Waals surface area contributed by atoms with E-state index >= 15 is 0 Å². The number of unbranched alkanes of at least 4 members (excludes halogenated alkanes) is 13. The van der Waals surface area contributed by atoms with E-state index in [2.05, 4.69) is 57.2 Å². The number of hydrogen-bond acceptors (Lipinski definition) is 19. The van der Waals surface area contributed by atoms with Gasteiger partial charge in [-0.15, -0.1) is 10.2 Å². The molecule has 0 aliphatic rings. The first kappa shape index (κ1) is 73.3. The third kappa shape index (κ3) is 41.0. The van der Waals surface area contributed by atoms with Crippen LogP contribution in [0.25, 0.3) is 0 Å². The van der Waals surface area contributed by atoms with Crippen LogP contribution in [0.15, 0.2) is 0 Å². The predicted octanol–water partition coefficient (Wildman–Crippen LogP) is 1.28. The van der Waals surface area contributed by atoms with Gasteiger partial charge in [0.15, 0.2) is 5.82 Å². The molecule has 0 fully saturated rings. The number of aryl methyl sites for hydroxylation is 1. The molecule has 1 aromatic heterocycles. The van der Waals surface area contributed by atoms with Crippen molar-refractivity contribution in [2.75, 3.05) is 85.3 Å². The van der Waals surface area contributed by atoms with E-state index in [0.29, 0.717) is 38.6 Å². The molecule has 0 aromatic carbocycles. The van der Waals surface area contributed by atoms with Gasteiger partial charge in [0.05, 0.1) is 50.9 Å². The lowest BCUT2D eigenvalue weighted by Crippen LogP contribution is -2.45. The maximum Gasteiger partial charge on any atom is 0.326 e. The molecule has 10 N–H and O–H groups in total. The van der Waals surface area contributed by atoms with Crippen LogP contribution in [-0.4, -0.2) is 196 Å². The minimum atomic E-state index is -3.85. The summed E-state index contributed by atoms with van der Waals surface area (Å²) in [6.45, 7) is 2.31. The van der Waals surface area contributed by atoms with Crippen molar-refractivity contribution in [2.24, 2.45) is 0 Å². The van der Waals surface area contributed by atoms with Crippen molar-refractivity contribution in [1.82, 2.24) is 57.2 Å². The Bertz CT molecular complexity index is 2050. The number of carboxylic acids is 2. The van der Waals surface area contributed by atoms with Gasteiger partial charge >= 0.3 is 11.9 Å². The van der Waals surface area contributed by atoms with Crippen molar-refractivity contribution in [1.29, 1.82) is 0 Å². The lowest BCUT2D eigenvalue weighted by atomic mass is 9.91. The summed E-state index contributed by atoms with van der Waals surface area (Å²) in [5.74, 6) is -5.67. The molecule has 29 heteroatoms. The van der Waals surface area contributed by atoms with Crippen LogP contribution in [0.2, 0.25) is 0 Å². The topological polar surface area (TPSA) is 404 Å². The van der Waals surface area contributed by atoms with Crippen molar-refractivity contribution in [3.8, 4) is 0 Å². The van der Waals surface area contributed by atoms with E-state index in [0.717, 1.165) is 50.6 Å². The van der Waals surface area contributed by atoms with E-state index in [9.17, 15) is 61.8 Å². The average molecular weight is 1180 g/mol. The average Bonchev–Trinajstić information content (AvgIpc) is 3.96. The molecule has 6 amide bonds. The maximum atomic E-state index is 12.5. The number of hydrogen-bond donors (Lipinski definition) is 10. The highest BCUT2D eigenvalue weighted by molar-refractivity contribution is 7.90. The Morgan fingerprint density at radius 2 is 1.05 bits per heavy atom. The van der Waals surface area contributed by atoms with Crippen molar-refractivity contribution >= 4 is 63.7 Å². The Hall–Kier alpha value is -5.75. The summed E-state index contributed by atoms with van der Waals surface area (Å²) in [7, 11) is -2.14. The van der Waals surface area contributed by atoms with Crippen LogP contribution in [-0.2, 0) is 78.5 Å². The van der Waals surface area contributed by atoms with Gasteiger partial charge in [-0.1, -0.05) is 82.8 Å². The number of ether oxygens (including phenoxy) is 4. The van der Waals surface area contributed by atoms with Gasteiger partial charge in [-0.25, -0.2) is 18.0 Å². The first-order valence-electron chi connectivity index (χ1n) is 28.5. The number of carboxylic acid groups (broad SMARTS) is 2. The zero-order valence-corrected chi connectivity index (χ0v) is 48.5. The standard InChI is InChI=1S/C52H93N11O17S/c1-3-52(40-64,53-2)27-17-18-28-54-45(66)25-23-41(50(71)72)57-46(67)26-24-42(51(73)74)58-49(70)39-80-36-34-78-32-30-56-48(69)38-79-35-33-77-31-29-55-44(65)22-19-37-81(75,76)61-47(68)21-16-14-12-10-8-6-4-5-7-9-11-13-15-20-43-59-62-63-60-43/h40-42,53H,3-39H2,1-2H3,(H,54,66)(H,55,65)(H,56,69)(H,57,67)(H,58,70)(H,61,68)(H,71,72)(H,73,74)(H,59,60,62,63)/t41-,42-,52-/m0/s1. The smallest absolute Gasteiger partial charge is 0.326 e. The summed E-state index contributed by atoms with van der Waals surface area (Å²) in [6.07, 6.45) is 17.6. The maximum absolute atomic E-state index is 12.5. The molecule has 0 aliphatic carbocycles. The van der Waals surface area contributed by atoms with E-state index in [1.54, 1.807) is 7.05 Å². The predicted molar refractivity (Wildman–Crippen MR) is 296 cm³/mol. The first-order valence-corrected chi connectivity index (χ1v) is 30.2. The second kappa shape index (κ2) is 46.8. The molecule has 1 aromatic rings. The number of nitrogens with one attached hydrogen (secondary N) is 8. The van der Waals surface area contributed by atoms with Gasteiger partial charge in [0, 0.05) is 51.7 Å². The van der Waals surface area contributed by atoms with Crippen LogP contribution in [0.3, 0.4) is 0 Å². The molecule has 0 aliphatic heterocycles. The Balaban J connectivity index is 2.00. The highest BCUT2D eigenvalue weighted by Crippen LogP contribution is 2.16. The molecule has 0 spiro atoms. The van der Waals surface area contributed by atoms with Gasteiger partial charge in [-0.3, -0.25) is 33.5 Å². The van der Waals surface area contributed by atoms with Crippen molar-refractivity contribution < 1.29 is 80.7 Å². The molecular formula is C52H93N11O17S. The van der Waals surface area contributed by atoms with Crippen molar-refractivity contribution in [2.45, 2.75) is 185 Å². The number of rotatable bonds is 55. The van der Waals surface area contributed by atoms with Crippen LogP contribution in [0.4, 0.5) is 0 Å². The molecule has 1 rings (SSSR count). The molecule has 464 valence electrons. The molecule has 0 saturated heterocycles. The zero-order chi connectivity index (χ0) is 59.8. The number of aldehydes is 1. The van der Waals surface area contributed by atoms with Crippen molar-refractivity contribution in [3.63, 3.8) is 0 Å². The van der Waals surface area contributed by atoms with Gasteiger partial charge in [0.2, 0.25) is 45.5 Å². The molecule has 0 unspecified atom stereocenters. The lowest BCUT2D eigenvalue weighted by molar-refractivity contribution is -0.144. The Kier molecular flexibility index (Phi) is 42.3. The quantitative estimate of drug-likeness (QED) is 0.0324. The fourth-order valence-electron chi connectivity index (χ4n) is 8.06. The Morgan fingerprint density at radius 3 is 1.58 bits per heavy atom. The van der Waals surface area contributed by atoms with E-state index < -0.39 is 82.1 Å². The molecule has 0 bridgehead atoms. The summed E-state index contributed by atoms with van der Waals surface area (Å²) in [4.78, 5) is 108. The summed E-state index contributed by atoms with van der Waals surface area (Å²) in [5, 5.41) is 48.5. The number of aromatic nitrogens is 4. The van der Waals surface area contributed by atoms with Crippen molar-refractivity contribution in [3.05, 3.63) is 5.82 Å². The number of H-pyrrole nitrogens is 1. The fourth-order valence-corrected chi connectivity index (χ4v) is 9.14.